The summed E-state index contributed by atoms with van der Waals surface area (Å²) in [5.74, 6) is 0.0863. The molecule has 0 aliphatic heterocycles. The molecule has 0 unspecified atom stereocenters. The summed E-state index contributed by atoms with van der Waals surface area (Å²) in [4.78, 5) is 0. The van der Waals surface area contributed by atoms with E-state index < -0.39 is 15.3 Å². The quantitative estimate of drug-likeness (QED) is 0.850. The molecule has 7 heteroatoms. The van der Waals surface area contributed by atoms with E-state index in [4.69, 9.17) is 0 Å². The number of hydrogen-bond donors (Lipinski definition) is 2. The maximum absolute atomic E-state index is 13.0. The van der Waals surface area contributed by atoms with Gasteiger partial charge in [-0.2, -0.15) is 5.10 Å². The molecule has 1 fully saturated rings. The topological polar surface area (TPSA) is 74.8 Å². The number of H-pyrrole nitrogens is 1. The van der Waals surface area contributed by atoms with Crippen LogP contribution in [0.15, 0.2) is 30.3 Å². The van der Waals surface area contributed by atoms with Gasteiger partial charge in [0.1, 0.15) is 5.82 Å². The summed E-state index contributed by atoms with van der Waals surface area (Å²) in [5.41, 5.74) is 2.74. The summed E-state index contributed by atoms with van der Waals surface area (Å²) in [7, 11) is -3.22. The van der Waals surface area contributed by atoms with Crippen LogP contribution in [0.25, 0.3) is 11.3 Å². The largest absolute Gasteiger partial charge is 0.282 e. The fraction of sp³-hybridized carbons (Fsp3) is 0.500. The molecule has 1 saturated carbocycles. The SMILES string of the molecule is CC(C)S(=O)(=O)NC1CCC(c2cc(-c3ccc(F)cc3)n[nH]2)CC1. The predicted octanol–water partition coefficient (Wildman–Crippen LogP) is 3.57. The average molecular weight is 365 g/mol. The minimum Gasteiger partial charge on any atom is -0.282 e. The Bertz CT molecular complexity index is 807. The highest BCUT2D eigenvalue weighted by molar-refractivity contribution is 7.90. The van der Waals surface area contributed by atoms with Gasteiger partial charge in [0.15, 0.2) is 0 Å². The molecule has 0 amide bonds. The van der Waals surface area contributed by atoms with E-state index in [1.165, 1.54) is 12.1 Å². The highest BCUT2D eigenvalue weighted by atomic mass is 32.2. The lowest BCUT2D eigenvalue weighted by Crippen LogP contribution is -2.40. The van der Waals surface area contributed by atoms with E-state index in [0.717, 1.165) is 42.6 Å². The van der Waals surface area contributed by atoms with E-state index in [0.29, 0.717) is 5.92 Å². The molecule has 0 radical (unpaired) electrons. The van der Waals surface area contributed by atoms with Crippen molar-refractivity contribution in [3.8, 4) is 11.3 Å². The van der Waals surface area contributed by atoms with Gasteiger partial charge in [0.25, 0.3) is 0 Å². The molecule has 5 nitrogen and oxygen atoms in total. The molecule has 136 valence electrons. The van der Waals surface area contributed by atoms with Crippen molar-refractivity contribution in [1.82, 2.24) is 14.9 Å². The minimum atomic E-state index is -3.22. The maximum Gasteiger partial charge on any atom is 0.214 e. The summed E-state index contributed by atoms with van der Waals surface area (Å²) in [5, 5.41) is 7.02. The molecule has 25 heavy (non-hydrogen) atoms. The van der Waals surface area contributed by atoms with Gasteiger partial charge in [0.2, 0.25) is 10.0 Å². The number of rotatable bonds is 5. The maximum atomic E-state index is 13.0. The molecule has 0 atom stereocenters. The van der Waals surface area contributed by atoms with E-state index in [2.05, 4.69) is 14.9 Å². The first-order valence-electron chi connectivity index (χ1n) is 8.67. The van der Waals surface area contributed by atoms with Gasteiger partial charge in [-0.15, -0.1) is 0 Å². The molecule has 1 heterocycles. The average Bonchev–Trinajstić information content (AvgIpc) is 3.06. The van der Waals surface area contributed by atoms with E-state index in [-0.39, 0.29) is 11.9 Å². The van der Waals surface area contributed by atoms with Crippen molar-refractivity contribution in [2.75, 3.05) is 0 Å². The second-order valence-corrected chi connectivity index (χ2v) is 9.24. The Morgan fingerprint density at radius 2 is 1.80 bits per heavy atom. The van der Waals surface area contributed by atoms with Crippen molar-refractivity contribution in [2.24, 2.45) is 0 Å². The number of aromatic amines is 1. The van der Waals surface area contributed by atoms with Crippen molar-refractivity contribution in [3.63, 3.8) is 0 Å². The molecule has 0 saturated heterocycles. The molecular formula is C18H24FN3O2S. The van der Waals surface area contributed by atoms with Gasteiger partial charge in [-0.05, 0) is 69.9 Å². The lowest BCUT2D eigenvalue weighted by atomic mass is 9.84. The number of aromatic nitrogens is 2. The van der Waals surface area contributed by atoms with Crippen LogP contribution in [0.5, 0.6) is 0 Å². The van der Waals surface area contributed by atoms with Gasteiger partial charge in [0.05, 0.1) is 10.9 Å². The van der Waals surface area contributed by atoms with Crippen molar-refractivity contribution in [3.05, 3.63) is 41.8 Å². The molecular weight excluding hydrogens is 341 g/mol. The third-order valence-electron chi connectivity index (χ3n) is 4.86. The zero-order valence-corrected chi connectivity index (χ0v) is 15.3. The first-order valence-corrected chi connectivity index (χ1v) is 10.2. The van der Waals surface area contributed by atoms with Crippen LogP contribution in [0, 0.1) is 5.82 Å². The van der Waals surface area contributed by atoms with E-state index >= 15 is 0 Å². The van der Waals surface area contributed by atoms with Crippen LogP contribution in [0.3, 0.4) is 0 Å². The second kappa shape index (κ2) is 7.25. The Labute approximate surface area is 148 Å². The summed E-state index contributed by atoms with van der Waals surface area (Å²) >= 11 is 0. The van der Waals surface area contributed by atoms with Crippen molar-refractivity contribution < 1.29 is 12.8 Å². The number of nitrogens with one attached hydrogen (secondary N) is 2. The van der Waals surface area contributed by atoms with Gasteiger partial charge >= 0.3 is 0 Å². The van der Waals surface area contributed by atoms with E-state index in [9.17, 15) is 12.8 Å². The molecule has 0 spiro atoms. The highest BCUT2D eigenvalue weighted by Gasteiger charge is 2.27. The molecule has 1 aromatic carbocycles. The second-order valence-electron chi connectivity index (χ2n) is 6.98. The molecule has 0 bridgehead atoms. The lowest BCUT2D eigenvalue weighted by Gasteiger charge is -2.28. The number of benzene rings is 1. The summed E-state index contributed by atoms with van der Waals surface area (Å²) in [6, 6.07) is 8.31. The van der Waals surface area contributed by atoms with Crippen LogP contribution in [0.4, 0.5) is 4.39 Å². The van der Waals surface area contributed by atoms with Gasteiger partial charge < -0.3 is 0 Å². The van der Waals surface area contributed by atoms with Crippen molar-refractivity contribution in [1.29, 1.82) is 0 Å². The molecule has 1 aromatic heterocycles. The van der Waals surface area contributed by atoms with Gasteiger partial charge in [-0.25, -0.2) is 17.5 Å². The Balaban J connectivity index is 1.61. The number of hydrogen-bond acceptors (Lipinski definition) is 3. The Kier molecular flexibility index (Phi) is 5.24. The normalized spacial score (nSPS) is 21.6. The van der Waals surface area contributed by atoms with Crippen molar-refractivity contribution >= 4 is 10.0 Å². The van der Waals surface area contributed by atoms with Gasteiger partial charge in [0, 0.05) is 23.2 Å². The van der Waals surface area contributed by atoms with Crippen LogP contribution < -0.4 is 4.72 Å². The molecule has 2 N–H and O–H groups in total. The number of sulfonamides is 1. The third-order valence-corrected chi connectivity index (χ3v) is 6.76. The highest BCUT2D eigenvalue weighted by Crippen LogP contribution is 2.33. The van der Waals surface area contributed by atoms with Crippen LogP contribution in [0.2, 0.25) is 0 Å². The number of halogens is 1. The molecule has 1 aliphatic carbocycles. The standard InChI is InChI=1S/C18H24FN3O2S/c1-12(2)25(23,24)22-16-9-5-14(6-10-16)18-11-17(20-21-18)13-3-7-15(19)8-4-13/h3-4,7-8,11-12,14,16,22H,5-6,9-10H2,1-2H3,(H,20,21). The Morgan fingerprint density at radius 3 is 2.40 bits per heavy atom. The zero-order valence-electron chi connectivity index (χ0n) is 14.5. The summed E-state index contributed by atoms with van der Waals surface area (Å²) in [6.07, 6.45) is 3.47. The zero-order chi connectivity index (χ0) is 18.0. The molecule has 1 aliphatic rings. The summed E-state index contributed by atoms with van der Waals surface area (Å²) < 4.78 is 39.8. The van der Waals surface area contributed by atoms with E-state index in [1.54, 1.807) is 26.0 Å². The van der Waals surface area contributed by atoms with Crippen LogP contribution in [-0.2, 0) is 10.0 Å². The smallest absolute Gasteiger partial charge is 0.214 e. The van der Waals surface area contributed by atoms with Crippen LogP contribution in [-0.4, -0.2) is 29.9 Å². The fourth-order valence-electron chi connectivity index (χ4n) is 3.20. The lowest BCUT2D eigenvalue weighted by molar-refractivity contribution is 0.369. The summed E-state index contributed by atoms with van der Waals surface area (Å²) in [6.45, 7) is 3.38. The van der Waals surface area contributed by atoms with Crippen LogP contribution in [0.1, 0.15) is 51.1 Å². The number of nitrogens with zero attached hydrogens (tertiary/aromatic N) is 1. The third kappa shape index (κ3) is 4.27. The first kappa shape index (κ1) is 18.1. The Hall–Kier alpha value is -1.73. The van der Waals surface area contributed by atoms with Gasteiger partial charge in [-0.1, -0.05) is 0 Å². The predicted molar refractivity (Wildman–Crippen MR) is 96.2 cm³/mol. The van der Waals surface area contributed by atoms with Gasteiger partial charge in [-0.3, -0.25) is 5.10 Å². The minimum absolute atomic E-state index is 0.0168. The monoisotopic (exact) mass is 365 g/mol. The fourth-order valence-corrected chi connectivity index (χ4v) is 4.18. The van der Waals surface area contributed by atoms with E-state index in [1.807, 2.05) is 6.07 Å². The van der Waals surface area contributed by atoms with Crippen LogP contribution >= 0.6 is 0 Å². The first-order chi connectivity index (χ1) is 11.8. The molecule has 2 aromatic rings. The molecule has 3 rings (SSSR count). The Morgan fingerprint density at radius 1 is 1.16 bits per heavy atom. The van der Waals surface area contributed by atoms with Crippen molar-refractivity contribution in [2.45, 2.75) is 56.7 Å².